The molecule has 1 amide bonds. The molecule has 1 aliphatic heterocycles. The Labute approximate surface area is 77.7 Å². The van der Waals surface area contributed by atoms with Crippen LogP contribution >= 0.6 is 11.8 Å². The fraction of sp³-hybridized carbons (Fsp3) is 0.875. The molecule has 0 aliphatic carbocycles. The van der Waals surface area contributed by atoms with Crippen molar-refractivity contribution < 1.29 is 4.79 Å². The molecule has 0 spiro atoms. The second-order valence-corrected chi connectivity index (χ2v) is 4.52. The summed E-state index contributed by atoms with van der Waals surface area (Å²) in [6.07, 6.45) is 0.967. The molecule has 2 unspecified atom stereocenters. The number of hydrogen-bond donors (Lipinski definition) is 1. The summed E-state index contributed by atoms with van der Waals surface area (Å²) in [5, 5.41) is 0. The number of hydrogen-bond acceptors (Lipinski definition) is 3. The number of thioether (sulfide) groups is 1. The molecule has 0 bridgehead atoms. The van der Waals surface area contributed by atoms with Crippen molar-refractivity contribution in [3.05, 3.63) is 0 Å². The summed E-state index contributed by atoms with van der Waals surface area (Å²) in [6, 6.07) is 0.0705. The summed E-state index contributed by atoms with van der Waals surface area (Å²) >= 11 is 1.82. The molecule has 1 fully saturated rings. The minimum Gasteiger partial charge on any atom is -0.349 e. The maximum atomic E-state index is 11.5. The van der Waals surface area contributed by atoms with Crippen molar-refractivity contribution in [2.45, 2.75) is 12.5 Å². The topological polar surface area (TPSA) is 46.3 Å². The lowest BCUT2D eigenvalue weighted by atomic mass is 9.98. The first-order valence-electron chi connectivity index (χ1n) is 4.17. The van der Waals surface area contributed by atoms with E-state index in [4.69, 9.17) is 5.73 Å². The maximum Gasteiger partial charge on any atom is 0.227 e. The molecule has 1 aliphatic rings. The number of rotatable bonds is 1. The van der Waals surface area contributed by atoms with Gasteiger partial charge in [-0.2, -0.15) is 11.8 Å². The van der Waals surface area contributed by atoms with E-state index >= 15 is 0 Å². The van der Waals surface area contributed by atoms with Gasteiger partial charge in [-0.1, -0.05) is 0 Å². The molecule has 2 atom stereocenters. The third kappa shape index (κ3) is 2.14. The molecule has 4 heteroatoms. The van der Waals surface area contributed by atoms with E-state index < -0.39 is 0 Å². The Morgan fingerprint density at radius 3 is 2.75 bits per heavy atom. The lowest BCUT2D eigenvalue weighted by Gasteiger charge is -2.29. The van der Waals surface area contributed by atoms with Crippen LogP contribution < -0.4 is 5.73 Å². The highest BCUT2D eigenvalue weighted by Gasteiger charge is 2.29. The first-order chi connectivity index (χ1) is 5.63. The highest BCUT2D eigenvalue weighted by molar-refractivity contribution is 7.99. The van der Waals surface area contributed by atoms with Gasteiger partial charge in [-0.3, -0.25) is 4.79 Å². The van der Waals surface area contributed by atoms with E-state index in [-0.39, 0.29) is 17.9 Å². The molecular formula is C8H16N2OS. The average Bonchev–Trinajstić information content (AvgIpc) is 2.04. The van der Waals surface area contributed by atoms with Crippen LogP contribution in [0.3, 0.4) is 0 Å². The molecule has 0 saturated carbocycles. The molecule has 1 rings (SSSR count). The summed E-state index contributed by atoms with van der Waals surface area (Å²) in [6.45, 7) is 0. The zero-order chi connectivity index (χ0) is 9.14. The van der Waals surface area contributed by atoms with Crippen LogP contribution in [-0.4, -0.2) is 42.4 Å². The lowest BCUT2D eigenvalue weighted by Crippen LogP contribution is -2.45. The quantitative estimate of drug-likeness (QED) is 0.637. The van der Waals surface area contributed by atoms with Gasteiger partial charge in [0.15, 0.2) is 0 Å². The van der Waals surface area contributed by atoms with Crippen molar-refractivity contribution in [1.29, 1.82) is 0 Å². The largest absolute Gasteiger partial charge is 0.349 e. The third-order valence-corrected chi connectivity index (χ3v) is 3.29. The van der Waals surface area contributed by atoms with Gasteiger partial charge in [0.2, 0.25) is 5.91 Å². The van der Waals surface area contributed by atoms with Crippen molar-refractivity contribution >= 4 is 17.7 Å². The van der Waals surface area contributed by atoms with Crippen molar-refractivity contribution in [1.82, 2.24) is 4.90 Å². The predicted molar refractivity (Wildman–Crippen MR) is 52.1 cm³/mol. The Kier molecular flexibility index (Phi) is 3.40. The number of carbonyl (C=O) groups excluding carboxylic acids is 1. The molecule has 0 radical (unpaired) electrons. The van der Waals surface area contributed by atoms with Crippen molar-refractivity contribution in [3.63, 3.8) is 0 Å². The van der Waals surface area contributed by atoms with Crippen LogP contribution in [0.2, 0.25) is 0 Å². The van der Waals surface area contributed by atoms with Gasteiger partial charge in [-0.25, -0.2) is 0 Å². The fourth-order valence-corrected chi connectivity index (χ4v) is 2.59. The monoisotopic (exact) mass is 188 g/mol. The van der Waals surface area contributed by atoms with E-state index in [1.807, 2.05) is 11.8 Å². The summed E-state index contributed by atoms with van der Waals surface area (Å²) in [5.74, 6) is 2.20. The normalized spacial score (nSPS) is 29.9. The summed E-state index contributed by atoms with van der Waals surface area (Å²) in [5.41, 5.74) is 5.86. The standard InChI is InChI=1S/C8H16N2OS/c1-10(2)8(11)6-5-12-4-3-7(6)9/h6-7H,3-5,9H2,1-2H3. The first-order valence-corrected chi connectivity index (χ1v) is 5.33. The zero-order valence-electron chi connectivity index (χ0n) is 7.62. The number of carbonyl (C=O) groups is 1. The van der Waals surface area contributed by atoms with Crippen LogP contribution in [0, 0.1) is 5.92 Å². The predicted octanol–water partition coefficient (Wildman–Crippen LogP) is 0.155. The van der Waals surface area contributed by atoms with Crippen molar-refractivity contribution in [2.24, 2.45) is 11.7 Å². The van der Waals surface area contributed by atoms with Crippen LogP contribution in [-0.2, 0) is 4.79 Å². The van der Waals surface area contributed by atoms with Crippen molar-refractivity contribution in [3.8, 4) is 0 Å². The highest BCUT2D eigenvalue weighted by atomic mass is 32.2. The molecule has 0 aromatic carbocycles. The summed E-state index contributed by atoms with van der Waals surface area (Å²) < 4.78 is 0. The Morgan fingerprint density at radius 2 is 2.25 bits per heavy atom. The SMILES string of the molecule is CN(C)C(=O)C1CSCCC1N. The van der Waals surface area contributed by atoms with E-state index in [1.54, 1.807) is 19.0 Å². The van der Waals surface area contributed by atoms with Gasteiger partial charge in [0, 0.05) is 25.9 Å². The average molecular weight is 188 g/mol. The number of amides is 1. The van der Waals surface area contributed by atoms with Crippen molar-refractivity contribution in [2.75, 3.05) is 25.6 Å². The van der Waals surface area contributed by atoms with Gasteiger partial charge in [0.1, 0.15) is 0 Å². The van der Waals surface area contributed by atoms with Gasteiger partial charge in [0.25, 0.3) is 0 Å². The third-order valence-electron chi connectivity index (χ3n) is 2.17. The smallest absolute Gasteiger partial charge is 0.227 e. The molecular weight excluding hydrogens is 172 g/mol. The van der Waals surface area contributed by atoms with E-state index in [9.17, 15) is 4.79 Å². The van der Waals surface area contributed by atoms with Gasteiger partial charge >= 0.3 is 0 Å². The van der Waals surface area contributed by atoms with Gasteiger partial charge in [-0.15, -0.1) is 0 Å². The molecule has 0 aromatic rings. The summed E-state index contributed by atoms with van der Waals surface area (Å²) in [7, 11) is 3.57. The zero-order valence-corrected chi connectivity index (χ0v) is 8.43. The van der Waals surface area contributed by atoms with Gasteiger partial charge in [-0.05, 0) is 12.2 Å². The maximum absolute atomic E-state index is 11.5. The molecule has 3 nitrogen and oxygen atoms in total. The van der Waals surface area contributed by atoms with Crippen LogP contribution in [0.25, 0.3) is 0 Å². The molecule has 12 heavy (non-hydrogen) atoms. The highest BCUT2D eigenvalue weighted by Crippen LogP contribution is 2.22. The Balaban J connectivity index is 2.53. The molecule has 70 valence electrons. The minimum absolute atomic E-state index is 0.0405. The fourth-order valence-electron chi connectivity index (χ4n) is 1.34. The van der Waals surface area contributed by atoms with Gasteiger partial charge in [0.05, 0.1) is 5.92 Å². The summed E-state index contributed by atoms with van der Waals surface area (Å²) in [4.78, 5) is 13.2. The number of nitrogens with zero attached hydrogens (tertiary/aromatic N) is 1. The Bertz CT molecular complexity index is 172. The van der Waals surface area contributed by atoms with Crippen LogP contribution in [0.15, 0.2) is 0 Å². The Hall–Kier alpha value is -0.220. The second kappa shape index (κ2) is 4.14. The molecule has 1 heterocycles. The molecule has 2 N–H and O–H groups in total. The van der Waals surface area contributed by atoms with E-state index in [2.05, 4.69) is 0 Å². The number of nitrogens with two attached hydrogens (primary N) is 1. The van der Waals surface area contributed by atoms with Crippen LogP contribution in [0.5, 0.6) is 0 Å². The minimum atomic E-state index is 0.0405. The molecule has 0 aromatic heterocycles. The van der Waals surface area contributed by atoms with E-state index in [0.29, 0.717) is 0 Å². The van der Waals surface area contributed by atoms with E-state index in [1.165, 1.54) is 0 Å². The Morgan fingerprint density at radius 1 is 1.58 bits per heavy atom. The second-order valence-electron chi connectivity index (χ2n) is 3.37. The van der Waals surface area contributed by atoms with E-state index in [0.717, 1.165) is 17.9 Å². The van der Waals surface area contributed by atoms with Crippen LogP contribution in [0.4, 0.5) is 0 Å². The van der Waals surface area contributed by atoms with Gasteiger partial charge < -0.3 is 10.6 Å². The van der Waals surface area contributed by atoms with Crippen LogP contribution in [0.1, 0.15) is 6.42 Å². The lowest BCUT2D eigenvalue weighted by molar-refractivity contribution is -0.132. The first kappa shape index (κ1) is 9.86. The molecule has 1 saturated heterocycles.